The summed E-state index contributed by atoms with van der Waals surface area (Å²) in [6.07, 6.45) is 0. The maximum absolute atomic E-state index is 13.6. The molecule has 0 spiro atoms. The fourth-order valence-corrected chi connectivity index (χ4v) is 2.79. The summed E-state index contributed by atoms with van der Waals surface area (Å²) in [6, 6.07) is 7.90. The topological polar surface area (TPSA) is 86.5 Å². The lowest BCUT2D eigenvalue weighted by atomic mass is 10.2. The van der Waals surface area contributed by atoms with Gasteiger partial charge in [0.15, 0.2) is 0 Å². The lowest BCUT2D eigenvalue weighted by Crippen LogP contribution is -2.15. The van der Waals surface area contributed by atoms with Crippen molar-refractivity contribution in [2.45, 2.75) is 5.22 Å². The van der Waals surface area contributed by atoms with Gasteiger partial charge in [0.05, 0.1) is 25.7 Å². The molecule has 0 saturated carbocycles. The predicted octanol–water partition coefficient (Wildman–Crippen LogP) is 3.76. The van der Waals surface area contributed by atoms with Gasteiger partial charge >= 0.3 is 0 Å². The summed E-state index contributed by atoms with van der Waals surface area (Å²) in [6.45, 7) is 0. The SMILES string of the molecule is COc1cc(OC)cc(-c2nnc(SCC(=O)Nc3cc(F)ccc3F)o2)c1. The van der Waals surface area contributed by atoms with Gasteiger partial charge in [0, 0.05) is 17.7 Å². The van der Waals surface area contributed by atoms with Crippen LogP contribution in [0.15, 0.2) is 46.0 Å². The van der Waals surface area contributed by atoms with E-state index < -0.39 is 17.5 Å². The van der Waals surface area contributed by atoms with Crippen LogP contribution < -0.4 is 14.8 Å². The van der Waals surface area contributed by atoms with E-state index >= 15 is 0 Å². The minimum absolute atomic E-state index is 0.126. The van der Waals surface area contributed by atoms with Crippen LogP contribution >= 0.6 is 11.8 Å². The average molecular weight is 407 g/mol. The largest absolute Gasteiger partial charge is 0.497 e. The van der Waals surface area contributed by atoms with Crippen molar-refractivity contribution in [3.63, 3.8) is 0 Å². The van der Waals surface area contributed by atoms with E-state index in [0.717, 1.165) is 30.0 Å². The minimum Gasteiger partial charge on any atom is -0.497 e. The number of nitrogens with one attached hydrogen (secondary N) is 1. The molecule has 1 aromatic heterocycles. The van der Waals surface area contributed by atoms with Gasteiger partial charge in [0.25, 0.3) is 5.22 Å². The molecule has 7 nitrogen and oxygen atoms in total. The normalized spacial score (nSPS) is 10.6. The molecule has 10 heteroatoms. The molecule has 0 aliphatic rings. The molecule has 0 saturated heterocycles. The lowest BCUT2D eigenvalue weighted by Gasteiger charge is -2.06. The van der Waals surface area contributed by atoms with Crippen molar-refractivity contribution in [2.24, 2.45) is 0 Å². The maximum atomic E-state index is 13.6. The number of nitrogens with zero attached hydrogens (tertiary/aromatic N) is 2. The lowest BCUT2D eigenvalue weighted by molar-refractivity contribution is -0.113. The first kappa shape index (κ1) is 19.6. The first-order chi connectivity index (χ1) is 13.5. The number of ether oxygens (including phenoxy) is 2. The molecular formula is C18H15F2N3O4S. The zero-order valence-electron chi connectivity index (χ0n) is 14.9. The summed E-state index contributed by atoms with van der Waals surface area (Å²) >= 11 is 0.962. The summed E-state index contributed by atoms with van der Waals surface area (Å²) in [4.78, 5) is 11.9. The quantitative estimate of drug-likeness (QED) is 0.597. The van der Waals surface area contributed by atoms with Crippen LogP contribution in [-0.4, -0.2) is 36.1 Å². The Labute approximate surface area is 163 Å². The van der Waals surface area contributed by atoms with Gasteiger partial charge < -0.3 is 19.2 Å². The standard InChI is InChI=1S/C18H15F2N3O4S/c1-25-12-5-10(6-13(8-12)26-2)17-22-23-18(27-17)28-9-16(24)21-15-7-11(19)3-4-14(15)20/h3-8H,9H2,1-2H3,(H,21,24). The number of carbonyl (C=O) groups excluding carboxylic acids is 1. The van der Waals surface area contributed by atoms with Crippen LogP contribution in [0.3, 0.4) is 0 Å². The molecule has 146 valence electrons. The van der Waals surface area contributed by atoms with Gasteiger partial charge in [-0.2, -0.15) is 0 Å². The van der Waals surface area contributed by atoms with Crippen molar-refractivity contribution in [1.29, 1.82) is 0 Å². The van der Waals surface area contributed by atoms with Crippen LogP contribution in [0.4, 0.5) is 14.5 Å². The van der Waals surface area contributed by atoms with Crippen molar-refractivity contribution < 1.29 is 27.5 Å². The van der Waals surface area contributed by atoms with Crippen LogP contribution in [0, 0.1) is 11.6 Å². The molecule has 2 aromatic carbocycles. The molecule has 0 aliphatic carbocycles. The Kier molecular flexibility index (Phi) is 6.09. The van der Waals surface area contributed by atoms with E-state index in [-0.39, 0.29) is 22.6 Å². The average Bonchev–Trinajstić information content (AvgIpc) is 3.18. The van der Waals surface area contributed by atoms with E-state index in [2.05, 4.69) is 15.5 Å². The second-order valence-corrected chi connectivity index (χ2v) is 6.36. The molecule has 0 bridgehead atoms. The number of amides is 1. The summed E-state index contributed by atoms with van der Waals surface area (Å²) in [5, 5.41) is 10.2. The molecule has 3 rings (SSSR count). The second-order valence-electron chi connectivity index (χ2n) is 5.44. The highest BCUT2D eigenvalue weighted by Crippen LogP contribution is 2.30. The second kappa shape index (κ2) is 8.70. The fraction of sp³-hybridized carbons (Fsp3) is 0.167. The van der Waals surface area contributed by atoms with E-state index in [9.17, 15) is 13.6 Å². The molecule has 0 fully saturated rings. The zero-order chi connectivity index (χ0) is 20.1. The Hall–Kier alpha value is -3.14. The molecule has 0 radical (unpaired) electrons. The van der Waals surface area contributed by atoms with E-state index in [1.165, 1.54) is 14.2 Å². The number of carbonyl (C=O) groups is 1. The number of anilines is 1. The van der Waals surface area contributed by atoms with Crippen molar-refractivity contribution in [1.82, 2.24) is 10.2 Å². The van der Waals surface area contributed by atoms with E-state index in [1.54, 1.807) is 18.2 Å². The molecule has 0 unspecified atom stereocenters. The highest BCUT2D eigenvalue weighted by Gasteiger charge is 2.14. The Morgan fingerprint density at radius 3 is 2.50 bits per heavy atom. The Bertz CT molecular complexity index is 974. The monoisotopic (exact) mass is 407 g/mol. The van der Waals surface area contributed by atoms with E-state index in [1.807, 2.05) is 0 Å². The molecule has 28 heavy (non-hydrogen) atoms. The van der Waals surface area contributed by atoms with Gasteiger partial charge in [-0.25, -0.2) is 8.78 Å². The summed E-state index contributed by atoms with van der Waals surface area (Å²) in [7, 11) is 3.04. The Morgan fingerprint density at radius 1 is 1.11 bits per heavy atom. The first-order valence-corrected chi connectivity index (χ1v) is 8.91. The van der Waals surface area contributed by atoms with Crippen LogP contribution in [0.5, 0.6) is 11.5 Å². The number of rotatable bonds is 7. The van der Waals surface area contributed by atoms with Crippen LogP contribution in [0.2, 0.25) is 0 Å². The summed E-state index contributed by atoms with van der Waals surface area (Å²) in [5.41, 5.74) is 0.349. The number of aromatic nitrogens is 2. The Balaban J connectivity index is 1.65. The number of hydrogen-bond donors (Lipinski definition) is 1. The van der Waals surface area contributed by atoms with Gasteiger partial charge in [-0.05, 0) is 24.3 Å². The van der Waals surface area contributed by atoms with Crippen LogP contribution in [0.25, 0.3) is 11.5 Å². The van der Waals surface area contributed by atoms with Crippen molar-refractivity contribution >= 4 is 23.4 Å². The number of benzene rings is 2. The molecule has 0 aliphatic heterocycles. The third-order valence-corrected chi connectivity index (χ3v) is 4.35. The van der Waals surface area contributed by atoms with Gasteiger partial charge in [-0.3, -0.25) is 4.79 Å². The van der Waals surface area contributed by atoms with Crippen molar-refractivity contribution in [3.05, 3.63) is 48.0 Å². The third kappa shape index (κ3) is 4.77. The van der Waals surface area contributed by atoms with Gasteiger partial charge in [-0.15, -0.1) is 10.2 Å². The molecule has 1 N–H and O–H groups in total. The van der Waals surface area contributed by atoms with Gasteiger partial charge in [0.1, 0.15) is 23.1 Å². The van der Waals surface area contributed by atoms with E-state index in [4.69, 9.17) is 13.9 Å². The number of halogens is 2. The summed E-state index contributed by atoms with van der Waals surface area (Å²) in [5.74, 6) is -0.726. The van der Waals surface area contributed by atoms with Crippen molar-refractivity contribution in [2.75, 3.05) is 25.3 Å². The molecular weight excluding hydrogens is 392 g/mol. The first-order valence-electron chi connectivity index (χ1n) is 7.93. The minimum atomic E-state index is -0.730. The molecule has 0 atom stereocenters. The molecule has 3 aromatic rings. The van der Waals surface area contributed by atoms with Crippen LogP contribution in [-0.2, 0) is 4.79 Å². The fourth-order valence-electron chi connectivity index (χ4n) is 2.22. The maximum Gasteiger partial charge on any atom is 0.277 e. The van der Waals surface area contributed by atoms with Crippen LogP contribution in [0.1, 0.15) is 0 Å². The highest BCUT2D eigenvalue weighted by atomic mass is 32.2. The van der Waals surface area contributed by atoms with Crippen molar-refractivity contribution in [3.8, 4) is 23.0 Å². The van der Waals surface area contributed by atoms with Gasteiger partial charge in [0.2, 0.25) is 11.8 Å². The smallest absolute Gasteiger partial charge is 0.277 e. The zero-order valence-corrected chi connectivity index (χ0v) is 15.7. The Morgan fingerprint density at radius 2 is 1.82 bits per heavy atom. The predicted molar refractivity (Wildman–Crippen MR) is 98.5 cm³/mol. The van der Waals surface area contributed by atoms with E-state index in [0.29, 0.717) is 17.1 Å². The number of thioether (sulfide) groups is 1. The molecule has 1 amide bonds. The highest BCUT2D eigenvalue weighted by molar-refractivity contribution is 7.99. The number of hydrogen-bond acceptors (Lipinski definition) is 7. The molecule has 1 heterocycles. The van der Waals surface area contributed by atoms with Gasteiger partial charge in [-0.1, -0.05) is 11.8 Å². The number of methoxy groups -OCH3 is 2. The summed E-state index contributed by atoms with van der Waals surface area (Å²) < 4.78 is 42.6. The third-order valence-electron chi connectivity index (χ3n) is 3.53.